The molecular formula is C16H13FN2O3. The summed E-state index contributed by atoms with van der Waals surface area (Å²) >= 11 is 0. The topological polar surface area (TPSA) is 64.2 Å². The third-order valence-corrected chi connectivity index (χ3v) is 3.40. The Bertz CT molecular complexity index is 898. The van der Waals surface area contributed by atoms with Gasteiger partial charge in [-0.05, 0) is 30.3 Å². The van der Waals surface area contributed by atoms with E-state index in [9.17, 15) is 14.0 Å². The maximum Gasteiger partial charge on any atom is 0.257 e. The van der Waals surface area contributed by atoms with Crippen molar-refractivity contribution in [2.24, 2.45) is 7.05 Å². The fourth-order valence-electron chi connectivity index (χ4n) is 2.30. The molecule has 0 bridgehead atoms. The van der Waals surface area contributed by atoms with Crippen LogP contribution in [0.3, 0.4) is 0 Å². The Morgan fingerprint density at radius 3 is 2.91 bits per heavy atom. The molecule has 0 fully saturated rings. The Morgan fingerprint density at radius 2 is 2.18 bits per heavy atom. The Morgan fingerprint density at radius 1 is 1.36 bits per heavy atom. The van der Waals surface area contributed by atoms with E-state index in [0.717, 1.165) is 6.07 Å². The molecule has 22 heavy (non-hydrogen) atoms. The van der Waals surface area contributed by atoms with Crippen molar-refractivity contribution in [1.29, 1.82) is 0 Å². The number of rotatable bonds is 3. The van der Waals surface area contributed by atoms with Gasteiger partial charge in [0, 0.05) is 18.6 Å². The van der Waals surface area contributed by atoms with Crippen LogP contribution in [0.25, 0.3) is 10.9 Å². The number of hydrogen-bond acceptors (Lipinski definition) is 3. The summed E-state index contributed by atoms with van der Waals surface area (Å²) in [5.74, 6) is -0.460. The largest absolute Gasteiger partial charge is 0.467 e. The van der Waals surface area contributed by atoms with Gasteiger partial charge in [0.1, 0.15) is 17.1 Å². The lowest BCUT2D eigenvalue weighted by Gasteiger charge is -2.09. The van der Waals surface area contributed by atoms with E-state index in [4.69, 9.17) is 4.42 Å². The lowest BCUT2D eigenvalue weighted by atomic mass is 10.1. The molecule has 3 rings (SSSR count). The summed E-state index contributed by atoms with van der Waals surface area (Å²) in [6.45, 7) is 0.177. The predicted molar refractivity (Wildman–Crippen MR) is 79.0 cm³/mol. The van der Waals surface area contributed by atoms with Crippen LogP contribution >= 0.6 is 0 Å². The molecule has 0 unspecified atom stereocenters. The number of amides is 1. The summed E-state index contributed by atoms with van der Waals surface area (Å²) < 4.78 is 20.1. The van der Waals surface area contributed by atoms with E-state index in [1.807, 2.05) is 0 Å². The van der Waals surface area contributed by atoms with Crippen LogP contribution in [0.2, 0.25) is 0 Å². The van der Waals surface area contributed by atoms with Gasteiger partial charge in [0.15, 0.2) is 0 Å². The fraction of sp³-hybridized carbons (Fsp3) is 0.125. The Labute approximate surface area is 125 Å². The molecule has 1 N–H and O–H groups in total. The zero-order chi connectivity index (χ0) is 15.7. The highest BCUT2D eigenvalue weighted by Crippen LogP contribution is 2.12. The first-order chi connectivity index (χ1) is 10.6. The second kappa shape index (κ2) is 5.48. The molecule has 112 valence electrons. The maximum atomic E-state index is 13.4. The van der Waals surface area contributed by atoms with Crippen molar-refractivity contribution in [2.45, 2.75) is 6.54 Å². The molecule has 2 aromatic heterocycles. The minimum atomic E-state index is -0.525. The number of aryl methyl sites for hydroxylation is 1. The number of furan rings is 1. The Kier molecular flexibility index (Phi) is 3.50. The van der Waals surface area contributed by atoms with Crippen LogP contribution in [0.5, 0.6) is 0 Å². The molecule has 6 heteroatoms. The molecule has 1 aromatic carbocycles. The number of nitrogens with zero attached hydrogens (tertiary/aromatic N) is 1. The molecule has 1 amide bonds. The Balaban J connectivity index is 1.98. The first kappa shape index (κ1) is 14.1. The number of benzene rings is 1. The summed E-state index contributed by atoms with van der Waals surface area (Å²) in [7, 11) is 1.70. The van der Waals surface area contributed by atoms with E-state index in [-0.39, 0.29) is 17.5 Å². The SMILES string of the molecule is Cn1cc(C(=O)NCc2ccco2)c(=O)c2cc(F)ccc21. The third-order valence-electron chi connectivity index (χ3n) is 3.40. The summed E-state index contributed by atoms with van der Waals surface area (Å²) in [5.41, 5.74) is 0.0330. The number of halogens is 1. The summed E-state index contributed by atoms with van der Waals surface area (Å²) in [5, 5.41) is 2.78. The molecule has 2 heterocycles. The van der Waals surface area contributed by atoms with E-state index in [1.165, 1.54) is 24.6 Å². The van der Waals surface area contributed by atoms with Crippen LogP contribution in [0, 0.1) is 5.82 Å². The summed E-state index contributed by atoms with van der Waals surface area (Å²) in [6, 6.07) is 7.35. The predicted octanol–water partition coefficient (Wildman–Crippen LogP) is 2.20. The van der Waals surface area contributed by atoms with E-state index < -0.39 is 17.2 Å². The highest BCUT2D eigenvalue weighted by Gasteiger charge is 2.15. The monoisotopic (exact) mass is 300 g/mol. The number of hydrogen-bond donors (Lipinski definition) is 1. The number of carbonyl (C=O) groups excluding carboxylic acids is 1. The zero-order valence-corrected chi connectivity index (χ0v) is 11.8. The molecule has 0 aliphatic heterocycles. The molecule has 3 aromatic rings. The zero-order valence-electron chi connectivity index (χ0n) is 11.8. The van der Waals surface area contributed by atoms with Crippen LogP contribution < -0.4 is 10.7 Å². The molecular weight excluding hydrogens is 287 g/mol. The third kappa shape index (κ3) is 2.50. The molecule has 5 nitrogen and oxygen atoms in total. The Hall–Kier alpha value is -2.89. The van der Waals surface area contributed by atoms with Crippen LogP contribution in [-0.2, 0) is 13.6 Å². The molecule has 0 atom stereocenters. The normalized spacial score (nSPS) is 10.8. The van der Waals surface area contributed by atoms with Crippen molar-refractivity contribution in [3.8, 4) is 0 Å². The summed E-state index contributed by atoms with van der Waals surface area (Å²) in [4.78, 5) is 24.6. The minimum absolute atomic E-state index is 0.0350. The van der Waals surface area contributed by atoms with Crippen molar-refractivity contribution in [1.82, 2.24) is 9.88 Å². The van der Waals surface area contributed by atoms with Gasteiger partial charge < -0.3 is 14.3 Å². The minimum Gasteiger partial charge on any atom is -0.467 e. The number of fused-ring (bicyclic) bond motifs is 1. The molecule has 0 saturated heterocycles. The van der Waals surface area contributed by atoms with Crippen LogP contribution in [0.1, 0.15) is 16.1 Å². The van der Waals surface area contributed by atoms with Crippen LogP contribution in [-0.4, -0.2) is 10.5 Å². The molecule has 0 saturated carbocycles. The van der Waals surface area contributed by atoms with Gasteiger partial charge in [0.2, 0.25) is 5.43 Å². The lowest BCUT2D eigenvalue weighted by molar-refractivity contribution is 0.0946. The fourth-order valence-corrected chi connectivity index (χ4v) is 2.30. The van der Waals surface area contributed by atoms with Gasteiger partial charge in [-0.25, -0.2) is 4.39 Å². The van der Waals surface area contributed by atoms with Gasteiger partial charge >= 0.3 is 0 Å². The average Bonchev–Trinajstić information content (AvgIpc) is 3.01. The summed E-state index contributed by atoms with van der Waals surface area (Å²) in [6.07, 6.45) is 2.94. The first-order valence-corrected chi connectivity index (χ1v) is 6.66. The molecule has 0 aliphatic rings. The van der Waals surface area contributed by atoms with Gasteiger partial charge in [0.05, 0.1) is 18.3 Å². The van der Waals surface area contributed by atoms with E-state index >= 15 is 0 Å². The number of nitrogens with one attached hydrogen (secondary N) is 1. The second-order valence-corrected chi connectivity index (χ2v) is 4.91. The van der Waals surface area contributed by atoms with Crippen molar-refractivity contribution < 1.29 is 13.6 Å². The van der Waals surface area contributed by atoms with Crippen molar-refractivity contribution >= 4 is 16.8 Å². The van der Waals surface area contributed by atoms with E-state index in [2.05, 4.69) is 5.32 Å². The molecule has 0 radical (unpaired) electrons. The van der Waals surface area contributed by atoms with Gasteiger partial charge in [-0.15, -0.1) is 0 Å². The lowest BCUT2D eigenvalue weighted by Crippen LogP contribution is -2.29. The van der Waals surface area contributed by atoms with Crippen LogP contribution in [0.15, 0.2) is 52.0 Å². The van der Waals surface area contributed by atoms with Crippen molar-refractivity contribution in [2.75, 3.05) is 0 Å². The molecule has 0 spiro atoms. The smallest absolute Gasteiger partial charge is 0.257 e. The first-order valence-electron chi connectivity index (χ1n) is 6.66. The van der Waals surface area contributed by atoms with Crippen LogP contribution in [0.4, 0.5) is 4.39 Å². The standard InChI is InChI=1S/C16H13FN2O3/c1-19-9-13(16(21)18-8-11-3-2-6-22-11)15(20)12-7-10(17)4-5-14(12)19/h2-7,9H,8H2,1H3,(H,18,21). The quantitative estimate of drug-likeness (QED) is 0.806. The maximum absolute atomic E-state index is 13.4. The van der Waals surface area contributed by atoms with Gasteiger partial charge in [-0.2, -0.15) is 0 Å². The van der Waals surface area contributed by atoms with E-state index in [1.54, 1.807) is 23.7 Å². The van der Waals surface area contributed by atoms with Gasteiger partial charge in [-0.3, -0.25) is 9.59 Å². The number of carbonyl (C=O) groups is 1. The van der Waals surface area contributed by atoms with E-state index in [0.29, 0.717) is 11.3 Å². The van der Waals surface area contributed by atoms with Gasteiger partial charge in [-0.1, -0.05) is 0 Å². The second-order valence-electron chi connectivity index (χ2n) is 4.91. The van der Waals surface area contributed by atoms with Crippen molar-refractivity contribution in [3.63, 3.8) is 0 Å². The highest BCUT2D eigenvalue weighted by molar-refractivity contribution is 5.97. The van der Waals surface area contributed by atoms with Gasteiger partial charge in [0.25, 0.3) is 5.91 Å². The molecule has 0 aliphatic carbocycles. The number of pyridine rings is 1. The average molecular weight is 300 g/mol. The number of aromatic nitrogens is 1. The van der Waals surface area contributed by atoms with Crippen molar-refractivity contribution in [3.05, 3.63) is 70.2 Å². The highest BCUT2D eigenvalue weighted by atomic mass is 19.1.